The first-order chi connectivity index (χ1) is 8.18. The molecule has 0 radical (unpaired) electrons. The standard InChI is InChI=1S/C15H28N2O/c1-9(2)11(16)12(18)17-13-14(3,4)10-6-7-15(13,5)8-10/h9-11,13H,6-8,16H2,1-5H3,(H,17,18). The predicted molar refractivity (Wildman–Crippen MR) is 74.0 cm³/mol. The van der Waals surface area contributed by atoms with Gasteiger partial charge in [0.25, 0.3) is 0 Å². The van der Waals surface area contributed by atoms with E-state index in [-0.39, 0.29) is 34.7 Å². The first-order valence-electron chi connectivity index (χ1n) is 7.24. The predicted octanol–water partition coefficient (Wildman–Crippen LogP) is 2.30. The molecular formula is C15H28N2O. The molecule has 0 spiro atoms. The molecule has 2 saturated carbocycles. The van der Waals surface area contributed by atoms with E-state index in [2.05, 4.69) is 26.1 Å². The summed E-state index contributed by atoms with van der Waals surface area (Å²) in [7, 11) is 0. The SMILES string of the molecule is CC(C)C(N)C(=O)NC1C2(C)CCC(C2)C1(C)C. The molecule has 0 aromatic rings. The highest BCUT2D eigenvalue weighted by molar-refractivity contribution is 5.82. The highest BCUT2D eigenvalue weighted by atomic mass is 16.2. The lowest BCUT2D eigenvalue weighted by Crippen LogP contribution is -2.56. The number of nitrogens with one attached hydrogen (secondary N) is 1. The Kier molecular flexibility index (Phi) is 3.25. The summed E-state index contributed by atoms with van der Waals surface area (Å²) in [6.07, 6.45) is 3.80. The fourth-order valence-electron chi connectivity index (χ4n) is 4.20. The molecule has 2 aliphatic rings. The molecule has 3 heteroatoms. The van der Waals surface area contributed by atoms with Crippen molar-refractivity contribution in [3.8, 4) is 0 Å². The van der Waals surface area contributed by atoms with Gasteiger partial charge in [0.05, 0.1) is 6.04 Å². The normalized spacial score (nSPS) is 39.1. The van der Waals surface area contributed by atoms with Gasteiger partial charge >= 0.3 is 0 Å². The molecule has 0 saturated heterocycles. The van der Waals surface area contributed by atoms with Gasteiger partial charge in [-0.1, -0.05) is 34.6 Å². The third-order valence-corrected chi connectivity index (χ3v) is 5.58. The summed E-state index contributed by atoms with van der Waals surface area (Å²) in [5.41, 5.74) is 6.44. The van der Waals surface area contributed by atoms with E-state index in [1.54, 1.807) is 0 Å². The van der Waals surface area contributed by atoms with Crippen LogP contribution in [0.3, 0.4) is 0 Å². The van der Waals surface area contributed by atoms with Gasteiger partial charge in [-0.05, 0) is 41.9 Å². The Hall–Kier alpha value is -0.570. The molecular weight excluding hydrogens is 224 g/mol. The van der Waals surface area contributed by atoms with Crippen molar-refractivity contribution in [1.29, 1.82) is 0 Å². The first-order valence-corrected chi connectivity index (χ1v) is 7.24. The van der Waals surface area contributed by atoms with Gasteiger partial charge < -0.3 is 11.1 Å². The fourth-order valence-corrected chi connectivity index (χ4v) is 4.20. The van der Waals surface area contributed by atoms with Gasteiger partial charge in [0.15, 0.2) is 0 Å². The summed E-state index contributed by atoms with van der Waals surface area (Å²) >= 11 is 0. The molecule has 2 rings (SSSR count). The highest BCUT2D eigenvalue weighted by Gasteiger charge is 2.59. The molecule has 1 amide bonds. The minimum Gasteiger partial charge on any atom is -0.351 e. The number of hydrogen-bond donors (Lipinski definition) is 2. The molecule has 18 heavy (non-hydrogen) atoms. The van der Waals surface area contributed by atoms with Crippen molar-refractivity contribution < 1.29 is 4.79 Å². The molecule has 0 aromatic carbocycles. The maximum absolute atomic E-state index is 12.2. The van der Waals surface area contributed by atoms with Crippen molar-refractivity contribution in [1.82, 2.24) is 5.32 Å². The van der Waals surface area contributed by atoms with Crippen molar-refractivity contribution in [2.75, 3.05) is 0 Å². The lowest BCUT2D eigenvalue weighted by atomic mass is 9.68. The van der Waals surface area contributed by atoms with Crippen LogP contribution in [0.2, 0.25) is 0 Å². The van der Waals surface area contributed by atoms with Crippen LogP contribution < -0.4 is 11.1 Å². The topological polar surface area (TPSA) is 55.1 Å². The minimum absolute atomic E-state index is 0.0249. The molecule has 3 N–H and O–H groups in total. The summed E-state index contributed by atoms with van der Waals surface area (Å²) in [5.74, 6) is 0.972. The molecule has 0 aromatic heterocycles. The average Bonchev–Trinajstić information content (AvgIpc) is 2.74. The Morgan fingerprint density at radius 3 is 2.39 bits per heavy atom. The zero-order valence-electron chi connectivity index (χ0n) is 12.4. The number of carbonyl (C=O) groups is 1. The van der Waals surface area contributed by atoms with Crippen LogP contribution in [0, 0.1) is 22.7 Å². The van der Waals surface area contributed by atoms with Crippen LogP contribution in [0.1, 0.15) is 53.9 Å². The Bertz CT molecular complexity index is 346. The largest absolute Gasteiger partial charge is 0.351 e. The smallest absolute Gasteiger partial charge is 0.237 e. The quantitative estimate of drug-likeness (QED) is 0.810. The Morgan fingerprint density at radius 1 is 1.33 bits per heavy atom. The second-order valence-electron chi connectivity index (χ2n) is 7.63. The van der Waals surface area contributed by atoms with Crippen molar-refractivity contribution in [3.05, 3.63) is 0 Å². The maximum atomic E-state index is 12.2. The average molecular weight is 252 g/mol. The number of hydrogen-bond acceptors (Lipinski definition) is 2. The molecule has 4 unspecified atom stereocenters. The zero-order valence-corrected chi connectivity index (χ0v) is 12.4. The van der Waals surface area contributed by atoms with Crippen molar-refractivity contribution in [2.45, 2.75) is 66.0 Å². The van der Waals surface area contributed by atoms with Crippen LogP contribution in [0.4, 0.5) is 0 Å². The monoisotopic (exact) mass is 252 g/mol. The van der Waals surface area contributed by atoms with Crippen LogP contribution in [-0.4, -0.2) is 18.0 Å². The van der Waals surface area contributed by atoms with Gasteiger partial charge in [-0.15, -0.1) is 0 Å². The van der Waals surface area contributed by atoms with E-state index in [4.69, 9.17) is 5.73 Å². The zero-order chi connectivity index (χ0) is 13.7. The molecule has 4 atom stereocenters. The Labute approximate surface area is 111 Å². The number of amides is 1. The minimum atomic E-state index is -0.386. The van der Waals surface area contributed by atoms with Crippen LogP contribution >= 0.6 is 0 Å². The fraction of sp³-hybridized carbons (Fsp3) is 0.933. The molecule has 2 aliphatic carbocycles. The maximum Gasteiger partial charge on any atom is 0.237 e. The number of nitrogens with two attached hydrogens (primary N) is 1. The lowest BCUT2D eigenvalue weighted by molar-refractivity contribution is -0.126. The highest BCUT2D eigenvalue weighted by Crippen LogP contribution is 2.62. The van der Waals surface area contributed by atoms with Gasteiger partial charge in [-0.2, -0.15) is 0 Å². The van der Waals surface area contributed by atoms with Crippen LogP contribution in [0.25, 0.3) is 0 Å². The number of carbonyl (C=O) groups excluding carboxylic acids is 1. The molecule has 104 valence electrons. The second kappa shape index (κ2) is 4.22. The van der Waals surface area contributed by atoms with Crippen LogP contribution in [0.5, 0.6) is 0 Å². The van der Waals surface area contributed by atoms with E-state index in [1.807, 2.05) is 13.8 Å². The van der Waals surface area contributed by atoms with Crippen molar-refractivity contribution >= 4 is 5.91 Å². The van der Waals surface area contributed by atoms with E-state index in [0.29, 0.717) is 0 Å². The van der Waals surface area contributed by atoms with Gasteiger partial charge in [-0.3, -0.25) is 4.79 Å². The van der Waals surface area contributed by atoms with E-state index < -0.39 is 0 Å². The molecule has 0 aliphatic heterocycles. The summed E-state index contributed by atoms with van der Waals surface area (Å²) in [6, 6.07) is -0.107. The third kappa shape index (κ3) is 1.97. The Morgan fingerprint density at radius 2 is 1.94 bits per heavy atom. The summed E-state index contributed by atoms with van der Waals surface area (Å²) in [4.78, 5) is 12.2. The lowest BCUT2D eigenvalue weighted by Gasteiger charge is -2.43. The summed E-state index contributed by atoms with van der Waals surface area (Å²) in [5, 5.41) is 3.26. The summed E-state index contributed by atoms with van der Waals surface area (Å²) in [6.45, 7) is 10.9. The van der Waals surface area contributed by atoms with E-state index in [9.17, 15) is 4.79 Å². The number of rotatable bonds is 3. The van der Waals surface area contributed by atoms with Gasteiger partial charge in [0.1, 0.15) is 0 Å². The third-order valence-electron chi connectivity index (χ3n) is 5.58. The Balaban J connectivity index is 2.12. The molecule has 2 fully saturated rings. The van der Waals surface area contributed by atoms with Crippen molar-refractivity contribution in [2.24, 2.45) is 28.4 Å². The number of fused-ring (bicyclic) bond motifs is 2. The molecule has 2 bridgehead atoms. The second-order valence-corrected chi connectivity index (χ2v) is 7.63. The van der Waals surface area contributed by atoms with Gasteiger partial charge in [0.2, 0.25) is 5.91 Å². The summed E-state index contributed by atoms with van der Waals surface area (Å²) < 4.78 is 0. The molecule has 0 heterocycles. The van der Waals surface area contributed by atoms with Crippen LogP contribution in [-0.2, 0) is 4.79 Å². The molecule has 3 nitrogen and oxygen atoms in total. The van der Waals surface area contributed by atoms with Gasteiger partial charge in [-0.25, -0.2) is 0 Å². The first kappa shape index (κ1) is 13.9. The van der Waals surface area contributed by atoms with E-state index in [0.717, 1.165) is 5.92 Å². The van der Waals surface area contributed by atoms with E-state index >= 15 is 0 Å². The van der Waals surface area contributed by atoms with Gasteiger partial charge in [0, 0.05) is 6.04 Å². The van der Waals surface area contributed by atoms with E-state index in [1.165, 1.54) is 19.3 Å². The van der Waals surface area contributed by atoms with Crippen molar-refractivity contribution in [3.63, 3.8) is 0 Å². The van der Waals surface area contributed by atoms with Crippen LogP contribution in [0.15, 0.2) is 0 Å².